The lowest BCUT2D eigenvalue weighted by Gasteiger charge is -1.99. The predicted octanol–water partition coefficient (Wildman–Crippen LogP) is 1.66. The minimum atomic E-state index is -0.147. The van der Waals surface area contributed by atoms with E-state index in [1.807, 2.05) is 12.1 Å². The van der Waals surface area contributed by atoms with Gasteiger partial charge in [0, 0.05) is 30.2 Å². The quantitative estimate of drug-likeness (QED) is 0.566. The third-order valence-corrected chi connectivity index (χ3v) is 3.23. The van der Waals surface area contributed by atoms with E-state index in [4.69, 9.17) is 0 Å². The van der Waals surface area contributed by atoms with Crippen LogP contribution in [0, 0.1) is 0 Å². The Morgan fingerprint density at radius 1 is 1.00 bits per heavy atom. The van der Waals surface area contributed by atoms with E-state index in [-0.39, 0.29) is 5.56 Å². The summed E-state index contributed by atoms with van der Waals surface area (Å²) in [7, 11) is 0. The van der Waals surface area contributed by atoms with E-state index in [0.717, 1.165) is 16.4 Å². The summed E-state index contributed by atoms with van der Waals surface area (Å²) in [5.74, 6) is 0. The average molecular weight is 263 g/mol. The largest absolute Gasteiger partial charge is 0.289 e. The number of fused-ring (bicyclic) bond motifs is 3. The predicted molar refractivity (Wildman–Crippen MR) is 74.8 cm³/mol. The van der Waals surface area contributed by atoms with Crippen molar-refractivity contribution < 1.29 is 0 Å². The molecule has 4 rings (SSSR count). The molecule has 0 bridgehead atoms. The number of pyridine rings is 3. The molecule has 4 aromatic rings. The number of H-pyrrole nitrogens is 1. The van der Waals surface area contributed by atoms with Crippen LogP contribution < -0.4 is 5.56 Å². The van der Waals surface area contributed by atoms with E-state index in [2.05, 4.69) is 20.1 Å². The van der Waals surface area contributed by atoms with Crippen molar-refractivity contribution in [2.45, 2.75) is 0 Å². The van der Waals surface area contributed by atoms with E-state index < -0.39 is 0 Å². The number of hydrogen-bond acceptors (Lipinski definition) is 4. The highest BCUT2D eigenvalue weighted by molar-refractivity contribution is 6.02. The molecule has 6 nitrogen and oxygen atoms in total. The summed E-state index contributed by atoms with van der Waals surface area (Å²) in [5, 5.41) is 4.47. The number of aromatic nitrogens is 5. The molecule has 96 valence electrons. The Balaban J connectivity index is 2.13. The summed E-state index contributed by atoms with van der Waals surface area (Å²) < 4.78 is 1.46. The van der Waals surface area contributed by atoms with Crippen LogP contribution in [0.5, 0.6) is 0 Å². The number of rotatable bonds is 1. The lowest BCUT2D eigenvalue weighted by atomic mass is 10.2. The third kappa shape index (κ3) is 1.45. The van der Waals surface area contributed by atoms with Crippen LogP contribution in [0.25, 0.3) is 27.5 Å². The van der Waals surface area contributed by atoms with Gasteiger partial charge in [0.2, 0.25) is 0 Å². The van der Waals surface area contributed by atoms with Crippen LogP contribution >= 0.6 is 0 Å². The minimum Gasteiger partial charge on any atom is -0.289 e. The van der Waals surface area contributed by atoms with Gasteiger partial charge in [-0.15, -0.1) is 0 Å². The van der Waals surface area contributed by atoms with Crippen molar-refractivity contribution in [2.75, 3.05) is 0 Å². The van der Waals surface area contributed by atoms with Crippen LogP contribution in [-0.2, 0) is 0 Å². The Morgan fingerprint density at radius 2 is 1.90 bits per heavy atom. The molecule has 0 amide bonds. The second-order valence-electron chi connectivity index (χ2n) is 4.40. The Hall–Kier alpha value is -3.02. The molecule has 20 heavy (non-hydrogen) atoms. The van der Waals surface area contributed by atoms with Crippen molar-refractivity contribution in [3.8, 4) is 5.69 Å². The molecule has 0 aliphatic rings. The van der Waals surface area contributed by atoms with Crippen molar-refractivity contribution in [1.82, 2.24) is 24.7 Å². The highest BCUT2D eigenvalue weighted by Gasteiger charge is 2.11. The number of nitrogens with zero attached hydrogens (tertiary/aromatic N) is 4. The second kappa shape index (κ2) is 3.99. The summed E-state index contributed by atoms with van der Waals surface area (Å²) in [6, 6.07) is 5.41. The lowest BCUT2D eigenvalue weighted by molar-refractivity contribution is 0.858. The second-order valence-corrected chi connectivity index (χ2v) is 4.40. The summed E-state index contributed by atoms with van der Waals surface area (Å²) in [4.78, 5) is 24.8. The van der Waals surface area contributed by atoms with Crippen molar-refractivity contribution in [3.63, 3.8) is 0 Å². The molecule has 6 heteroatoms. The molecule has 1 N–H and O–H groups in total. The van der Waals surface area contributed by atoms with Gasteiger partial charge in [0.15, 0.2) is 0 Å². The van der Waals surface area contributed by atoms with E-state index in [1.54, 1.807) is 37.1 Å². The minimum absolute atomic E-state index is 0.147. The fourth-order valence-electron chi connectivity index (χ4n) is 2.27. The molecule has 0 aromatic carbocycles. The van der Waals surface area contributed by atoms with Crippen molar-refractivity contribution >= 4 is 21.8 Å². The first kappa shape index (κ1) is 10.9. The molecule has 0 aliphatic heterocycles. The zero-order valence-corrected chi connectivity index (χ0v) is 10.3. The van der Waals surface area contributed by atoms with Crippen LogP contribution in [0.3, 0.4) is 0 Å². The fraction of sp³-hybridized carbons (Fsp3) is 0. The molecule has 4 heterocycles. The molecule has 4 aromatic heterocycles. The van der Waals surface area contributed by atoms with Gasteiger partial charge < -0.3 is 0 Å². The maximum atomic E-state index is 12.4. The fourth-order valence-corrected chi connectivity index (χ4v) is 2.27. The van der Waals surface area contributed by atoms with Crippen molar-refractivity contribution in [2.24, 2.45) is 0 Å². The Labute approximate surface area is 112 Å². The molecule has 0 radical (unpaired) electrons. The summed E-state index contributed by atoms with van der Waals surface area (Å²) in [6.45, 7) is 0. The van der Waals surface area contributed by atoms with Crippen LogP contribution in [0.4, 0.5) is 0 Å². The normalized spacial score (nSPS) is 11.2. The molecular weight excluding hydrogens is 254 g/mol. The van der Waals surface area contributed by atoms with Gasteiger partial charge in [-0.3, -0.25) is 24.8 Å². The van der Waals surface area contributed by atoms with Gasteiger partial charge in [0.05, 0.1) is 28.3 Å². The Morgan fingerprint density at radius 3 is 2.75 bits per heavy atom. The van der Waals surface area contributed by atoms with Crippen LogP contribution in [0.15, 0.2) is 54.0 Å². The molecule has 0 atom stereocenters. The first-order chi connectivity index (χ1) is 9.84. The van der Waals surface area contributed by atoms with E-state index >= 15 is 0 Å². The maximum absolute atomic E-state index is 12.4. The number of aromatic amines is 1. The summed E-state index contributed by atoms with van der Waals surface area (Å²) >= 11 is 0. The number of hydrogen-bond donors (Lipinski definition) is 1. The van der Waals surface area contributed by atoms with Crippen LogP contribution in [-0.4, -0.2) is 24.7 Å². The van der Waals surface area contributed by atoms with Gasteiger partial charge in [-0.25, -0.2) is 4.68 Å². The molecule has 0 saturated heterocycles. The molecule has 0 spiro atoms. The average Bonchev–Trinajstić information content (AvgIpc) is 2.86. The molecule has 0 unspecified atom stereocenters. The van der Waals surface area contributed by atoms with E-state index in [0.29, 0.717) is 11.1 Å². The van der Waals surface area contributed by atoms with Gasteiger partial charge in [0.1, 0.15) is 0 Å². The molecule has 0 fully saturated rings. The Bertz CT molecular complexity index is 971. The van der Waals surface area contributed by atoms with E-state index in [9.17, 15) is 4.79 Å². The highest BCUT2D eigenvalue weighted by atomic mass is 16.1. The zero-order valence-electron chi connectivity index (χ0n) is 10.3. The summed E-state index contributed by atoms with van der Waals surface area (Å²) in [5.41, 5.74) is 2.07. The lowest BCUT2D eigenvalue weighted by Crippen LogP contribution is -2.14. The first-order valence-electron chi connectivity index (χ1n) is 6.08. The van der Waals surface area contributed by atoms with Crippen molar-refractivity contribution in [1.29, 1.82) is 0 Å². The van der Waals surface area contributed by atoms with Crippen LogP contribution in [0.2, 0.25) is 0 Å². The number of nitrogens with one attached hydrogen (secondary N) is 1. The highest BCUT2D eigenvalue weighted by Crippen LogP contribution is 2.19. The molecule has 0 aliphatic carbocycles. The van der Waals surface area contributed by atoms with Gasteiger partial charge in [-0.2, -0.15) is 0 Å². The topological polar surface area (TPSA) is 76.5 Å². The maximum Gasteiger partial charge on any atom is 0.280 e. The van der Waals surface area contributed by atoms with Gasteiger partial charge in [0.25, 0.3) is 5.56 Å². The first-order valence-corrected chi connectivity index (χ1v) is 6.08. The van der Waals surface area contributed by atoms with Crippen LogP contribution in [0.1, 0.15) is 0 Å². The van der Waals surface area contributed by atoms with Gasteiger partial charge in [-0.05, 0) is 18.2 Å². The molecule has 0 saturated carbocycles. The van der Waals surface area contributed by atoms with E-state index in [1.165, 1.54) is 4.68 Å². The standard InChI is InChI=1S/C14H9N5O/c20-14-11-8-17-12-3-5-16-7-10(12)13(11)18-19(14)9-2-1-4-15-6-9/h1-8,18H. The van der Waals surface area contributed by atoms with Gasteiger partial charge >= 0.3 is 0 Å². The smallest absolute Gasteiger partial charge is 0.280 e. The van der Waals surface area contributed by atoms with Gasteiger partial charge in [-0.1, -0.05) is 0 Å². The summed E-state index contributed by atoms with van der Waals surface area (Å²) in [6.07, 6.45) is 8.26. The molecular formula is C14H9N5O. The third-order valence-electron chi connectivity index (χ3n) is 3.23. The van der Waals surface area contributed by atoms with Crippen molar-refractivity contribution in [3.05, 3.63) is 59.5 Å². The zero-order chi connectivity index (χ0) is 13.5. The SMILES string of the molecule is O=c1c2cnc3ccncc3c2[nH]n1-c1cccnc1. The monoisotopic (exact) mass is 263 g/mol. The Kier molecular flexibility index (Phi) is 2.17.